The number of benzene rings is 1. The Morgan fingerprint density at radius 1 is 1.20 bits per heavy atom. The summed E-state index contributed by atoms with van der Waals surface area (Å²) in [6.45, 7) is 0. The number of anilines is 1. The van der Waals surface area contributed by atoms with Crippen molar-refractivity contribution in [2.75, 3.05) is 5.32 Å². The van der Waals surface area contributed by atoms with Gasteiger partial charge in [-0.05, 0) is 37.0 Å². The first-order chi connectivity index (χ1) is 7.36. The molecule has 2 heteroatoms. The second-order valence-electron chi connectivity index (χ2n) is 3.62. The normalized spacial score (nSPS) is 18.7. The molecule has 0 saturated heterocycles. The molecule has 0 heterocycles. The molecular formula is C13H14ClN. The molecule has 0 bridgehead atoms. The highest BCUT2D eigenvalue weighted by molar-refractivity contribution is 6.32. The van der Waals surface area contributed by atoms with Crippen molar-refractivity contribution in [2.45, 2.75) is 19.3 Å². The minimum atomic E-state index is 0.893. The van der Waals surface area contributed by atoms with E-state index in [1.54, 1.807) is 0 Å². The summed E-state index contributed by atoms with van der Waals surface area (Å²) in [6, 6.07) is 10.1. The van der Waals surface area contributed by atoms with Crippen molar-refractivity contribution in [3.8, 4) is 0 Å². The summed E-state index contributed by atoms with van der Waals surface area (Å²) < 4.78 is 0. The molecule has 78 valence electrons. The van der Waals surface area contributed by atoms with Gasteiger partial charge in [-0.1, -0.05) is 35.9 Å². The Labute approximate surface area is 95.5 Å². The molecule has 1 aliphatic carbocycles. The Hall–Kier alpha value is -1.21. The van der Waals surface area contributed by atoms with Crippen LogP contribution in [0.15, 0.2) is 53.2 Å². The van der Waals surface area contributed by atoms with Gasteiger partial charge in [0, 0.05) is 16.9 Å². The molecule has 0 amide bonds. The van der Waals surface area contributed by atoms with Crippen LogP contribution >= 0.6 is 11.6 Å². The molecule has 0 unspecified atom stereocenters. The molecule has 1 N–H and O–H groups in total. The van der Waals surface area contributed by atoms with Crippen LogP contribution in [0.1, 0.15) is 19.3 Å². The zero-order chi connectivity index (χ0) is 10.5. The monoisotopic (exact) mass is 219 g/mol. The van der Waals surface area contributed by atoms with Gasteiger partial charge >= 0.3 is 0 Å². The highest BCUT2D eigenvalue weighted by atomic mass is 35.5. The molecule has 0 aliphatic heterocycles. The zero-order valence-electron chi connectivity index (χ0n) is 8.54. The lowest BCUT2D eigenvalue weighted by Gasteiger charge is -2.12. The fourth-order valence-corrected chi connectivity index (χ4v) is 1.88. The van der Waals surface area contributed by atoms with E-state index in [1.807, 2.05) is 36.5 Å². The van der Waals surface area contributed by atoms with E-state index in [2.05, 4.69) is 11.4 Å². The molecule has 0 fully saturated rings. The van der Waals surface area contributed by atoms with E-state index in [-0.39, 0.29) is 0 Å². The van der Waals surface area contributed by atoms with Crippen molar-refractivity contribution in [2.24, 2.45) is 0 Å². The lowest BCUT2D eigenvalue weighted by molar-refractivity contribution is 0.814. The summed E-state index contributed by atoms with van der Waals surface area (Å²) in [7, 11) is 0. The highest BCUT2D eigenvalue weighted by Crippen LogP contribution is 2.26. The van der Waals surface area contributed by atoms with Crippen molar-refractivity contribution in [3.05, 3.63) is 53.2 Å². The number of hydrogen-bond donors (Lipinski definition) is 1. The maximum absolute atomic E-state index is 6.10. The van der Waals surface area contributed by atoms with Gasteiger partial charge in [-0.3, -0.25) is 0 Å². The summed E-state index contributed by atoms with van der Waals surface area (Å²) >= 11 is 6.10. The third-order valence-corrected chi connectivity index (χ3v) is 2.86. The number of halogens is 1. The minimum Gasteiger partial charge on any atom is -0.361 e. The van der Waals surface area contributed by atoms with Gasteiger partial charge in [-0.15, -0.1) is 0 Å². The van der Waals surface area contributed by atoms with Gasteiger partial charge in [0.1, 0.15) is 0 Å². The van der Waals surface area contributed by atoms with Gasteiger partial charge < -0.3 is 5.32 Å². The van der Waals surface area contributed by atoms with Crippen LogP contribution in [0.3, 0.4) is 0 Å². The molecule has 2 rings (SSSR count). The Balaban J connectivity index is 2.05. The van der Waals surface area contributed by atoms with E-state index in [1.165, 1.54) is 12.0 Å². The molecule has 1 aliphatic rings. The van der Waals surface area contributed by atoms with Crippen LogP contribution in [0.25, 0.3) is 0 Å². The van der Waals surface area contributed by atoms with E-state index in [0.29, 0.717) is 0 Å². The molecule has 1 aromatic carbocycles. The van der Waals surface area contributed by atoms with Gasteiger partial charge in [-0.2, -0.15) is 0 Å². The maximum Gasteiger partial charge on any atom is 0.0412 e. The molecular weight excluding hydrogens is 206 g/mol. The Morgan fingerprint density at radius 3 is 2.73 bits per heavy atom. The van der Waals surface area contributed by atoms with Crippen molar-refractivity contribution in [3.63, 3.8) is 0 Å². The second kappa shape index (κ2) is 5.04. The van der Waals surface area contributed by atoms with Crippen LogP contribution in [0, 0.1) is 0 Å². The lowest BCUT2D eigenvalue weighted by Crippen LogP contribution is -1.96. The van der Waals surface area contributed by atoms with E-state index in [9.17, 15) is 0 Å². The first-order valence-electron chi connectivity index (χ1n) is 5.23. The largest absolute Gasteiger partial charge is 0.361 e. The topological polar surface area (TPSA) is 12.0 Å². The van der Waals surface area contributed by atoms with Gasteiger partial charge in [0.25, 0.3) is 0 Å². The SMILES string of the molecule is ClC1=CCCCC1=CNc1ccccc1. The van der Waals surface area contributed by atoms with Gasteiger partial charge in [-0.25, -0.2) is 0 Å². The molecule has 0 spiro atoms. The minimum absolute atomic E-state index is 0.893. The number of rotatable bonds is 2. The average molecular weight is 220 g/mol. The van der Waals surface area contributed by atoms with Crippen LogP contribution < -0.4 is 5.32 Å². The predicted octanol–water partition coefficient (Wildman–Crippen LogP) is 4.29. The third-order valence-electron chi connectivity index (χ3n) is 2.47. The van der Waals surface area contributed by atoms with E-state index in [4.69, 9.17) is 11.6 Å². The van der Waals surface area contributed by atoms with Crippen molar-refractivity contribution in [1.82, 2.24) is 0 Å². The maximum atomic E-state index is 6.10. The quantitative estimate of drug-likeness (QED) is 0.783. The standard InChI is InChI=1S/C13H14ClN/c14-13-9-5-4-6-11(13)10-15-12-7-2-1-3-8-12/h1-3,7-10,15H,4-6H2. The Bertz CT molecular complexity index is 379. The number of para-hydroxylation sites is 1. The predicted molar refractivity (Wildman–Crippen MR) is 65.9 cm³/mol. The van der Waals surface area contributed by atoms with Crippen LogP contribution in [0.5, 0.6) is 0 Å². The van der Waals surface area contributed by atoms with Crippen LogP contribution in [0.4, 0.5) is 5.69 Å². The number of hydrogen-bond acceptors (Lipinski definition) is 1. The summed E-state index contributed by atoms with van der Waals surface area (Å²) in [5.74, 6) is 0. The molecule has 1 nitrogen and oxygen atoms in total. The van der Waals surface area contributed by atoms with Gasteiger partial charge in [0.15, 0.2) is 0 Å². The summed E-state index contributed by atoms with van der Waals surface area (Å²) in [5.41, 5.74) is 2.30. The van der Waals surface area contributed by atoms with Gasteiger partial charge in [0.05, 0.1) is 0 Å². The summed E-state index contributed by atoms with van der Waals surface area (Å²) in [4.78, 5) is 0. The third kappa shape index (κ3) is 2.87. The van der Waals surface area contributed by atoms with E-state index in [0.717, 1.165) is 23.6 Å². The summed E-state index contributed by atoms with van der Waals surface area (Å²) in [6.07, 6.45) is 7.45. The molecule has 0 atom stereocenters. The molecule has 0 radical (unpaired) electrons. The fourth-order valence-electron chi connectivity index (χ4n) is 1.62. The molecule has 1 aromatic rings. The Morgan fingerprint density at radius 2 is 2.00 bits per heavy atom. The van der Waals surface area contributed by atoms with Crippen LogP contribution in [-0.2, 0) is 0 Å². The van der Waals surface area contributed by atoms with Crippen molar-refractivity contribution < 1.29 is 0 Å². The van der Waals surface area contributed by atoms with E-state index >= 15 is 0 Å². The fraction of sp³-hybridized carbons (Fsp3) is 0.231. The number of nitrogens with one attached hydrogen (secondary N) is 1. The number of allylic oxidation sites excluding steroid dienone is 3. The van der Waals surface area contributed by atoms with Crippen molar-refractivity contribution in [1.29, 1.82) is 0 Å². The summed E-state index contributed by atoms with van der Waals surface area (Å²) in [5, 5.41) is 4.15. The van der Waals surface area contributed by atoms with Crippen LogP contribution in [-0.4, -0.2) is 0 Å². The van der Waals surface area contributed by atoms with Crippen molar-refractivity contribution >= 4 is 17.3 Å². The zero-order valence-corrected chi connectivity index (χ0v) is 9.30. The lowest BCUT2D eigenvalue weighted by atomic mass is 10.0. The van der Waals surface area contributed by atoms with Crippen LogP contribution in [0.2, 0.25) is 0 Å². The van der Waals surface area contributed by atoms with E-state index < -0.39 is 0 Å². The first kappa shape index (κ1) is 10.3. The smallest absolute Gasteiger partial charge is 0.0412 e. The highest BCUT2D eigenvalue weighted by Gasteiger charge is 2.06. The second-order valence-corrected chi connectivity index (χ2v) is 4.03. The first-order valence-corrected chi connectivity index (χ1v) is 5.61. The molecule has 15 heavy (non-hydrogen) atoms. The van der Waals surface area contributed by atoms with Gasteiger partial charge in [0.2, 0.25) is 0 Å². The molecule has 0 saturated carbocycles. The average Bonchev–Trinajstić information content (AvgIpc) is 2.29. The Kier molecular flexibility index (Phi) is 3.46. The molecule has 0 aromatic heterocycles.